The molecule has 1 aliphatic rings. The molecule has 1 aromatic carbocycles. The highest BCUT2D eigenvalue weighted by Gasteiger charge is 2.34. The summed E-state index contributed by atoms with van der Waals surface area (Å²) in [6, 6.07) is 2.74. The average Bonchev–Trinajstić information content (AvgIpc) is 2.97. The minimum absolute atomic E-state index is 0.00759. The van der Waals surface area contributed by atoms with Crippen LogP contribution in [-0.4, -0.2) is 22.6 Å². The molecule has 20 heavy (non-hydrogen) atoms. The maximum atomic E-state index is 13.4. The third kappa shape index (κ3) is 2.28. The number of benzene rings is 1. The van der Waals surface area contributed by atoms with Gasteiger partial charge in [0.2, 0.25) is 0 Å². The Morgan fingerprint density at radius 1 is 1.50 bits per heavy atom. The third-order valence-electron chi connectivity index (χ3n) is 3.85. The lowest BCUT2D eigenvalue weighted by Gasteiger charge is -2.25. The van der Waals surface area contributed by atoms with Gasteiger partial charge in [-0.05, 0) is 41.0 Å². The maximum Gasteiger partial charge on any atom is 0.125 e. The van der Waals surface area contributed by atoms with Crippen molar-refractivity contribution in [3.8, 4) is 5.69 Å². The second kappa shape index (κ2) is 5.13. The summed E-state index contributed by atoms with van der Waals surface area (Å²) in [7, 11) is 0. The molecule has 1 N–H and O–H groups in total. The minimum Gasteiger partial charge on any atom is -0.316 e. The molecule has 1 aliphatic heterocycles. The molecule has 1 aromatic heterocycles. The van der Waals surface area contributed by atoms with E-state index in [0.29, 0.717) is 9.50 Å². The van der Waals surface area contributed by atoms with Crippen LogP contribution in [0.5, 0.6) is 0 Å². The van der Waals surface area contributed by atoms with E-state index in [0.717, 1.165) is 30.9 Å². The van der Waals surface area contributed by atoms with Crippen LogP contribution in [0.3, 0.4) is 0 Å². The average molecular weight is 359 g/mol. The number of imidazole rings is 1. The molecule has 106 valence electrons. The number of halogens is 3. The molecule has 1 fully saturated rings. The van der Waals surface area contributed by atoms with Gasteiger partial charge in [0.05, 0.1) is 17.0 Å². The van der Waals surface area contributed by atoms with Gasteiger partial charge in [-0.2, -0.15) is 0 Å². The normalized spacial score (nSPS) is 22.4. The molecule has 1 unspecified atom stereocenters. The molecule has 1 saturated heterocycles. The van der Waals surface area contributed by atoms with E-state index < -0.39 is 0 Å². The van der Waals surface area contributed by atoms with Crippen LogP contribution < -0.4 is 5.32 Å². The van der Waals surface area contributed by atoms with Gasteiger partial charge in [-0.1, -0.05) is 18.5 Å². The number of hydrogen-bond donors (Lipinski definition) is 1. The van der Waals surface area contributed by atoms with Crippen molar-refractivity contribution in [1.29, 1.82) is 0 Å². The molecule has 3 rings (SSSR count). The van der Waals surface area contributed by atoms with Crippen LogP contribution in [0.1, 0.15) is 19.0 Å². The first kappa shape index (κ1) is 14.0. The smallest absolute Gasteiger partial charge is 0.125 e. The second-order valence-electron chi connectivity index (χ2n) is 5.35. The predicted molar refractivity (Wildman–Crippen MR) is 81.1 cm³/mol. The topological polar surface area (TPSA) is 29.9 Å². The van der Waals surface area contributed by atoms with Gasteiger partial charge < -0.3 is 9.88 Å². The van der Waals surface area contributed by atoms with Crippen LogP contribution in [0.25, 0.3) is 5.69 Å². The summed E-state index contributed by atoms with van der Waals surface area (Å²) in [5.74, 6) is -0.360. The van der Waals surface area contributed by atoms with Gasteiger partial charge in [-0.25, -0.2) is 9.37 Å². The second-order valence-corrected chi connectivity index (χ2v) is 6.62. The van der Waals surface area contributed by atoms with E-state index in [2.05, 4.69) is 33.2 Å². The van der Waals surface area contributed by atoms with Crippen molar-refractivity contribution in [2.75, 3.05) is 13.1 Å². The van der Waals surface area contributed by atoms with Crippen LogP contribution in [-0.2, 0) is 5.41 Å². The van der Waals surface area contributed by atoms with Gasteiger partial charge in [-0.3, -0.25) is 0 Å². The largest absolute Gasteiger partial charge is 0.316 e. The summed E-state index contributed by atoms with van der Waals surface area (Å²) in [6.45, 7) is 4.08. The van der Waals surface area contributed by atoms with Crippen LogP contribution in [0.2, 0.25) is 5.02 Å². The van der Waals surface area contributed by atoms with Crippen molar-refractivity contribution in [3.63, 3.8) is 0 Å². The highest BCUT2D eigenvalue weighted by atomic mass is 79.9. The van der Waals surface area contributed by atoms with E-state index in [1.807, 2.05) is 10.8 Å². The Morgan fingerprint density at radius 3 is 2.95 bits per heavy atom. The van der Waals surface area contributed by atoms with E-state index in [1.165, 1.54) is 12.1 Å². The first-order valence-corrected chi connectivity index (χ1v) is 7.57. The lowest BCUT2D eigenvalue weighted by Crippen LogP contribution is -2.27. The zero-order chi connectivity index (χ0) is 14.3. The van der Waals surface area contributed by atoms with Crippen LogP contribution in [0.4, 0.5) is 4.39 Å². The number of nitrogens with one attached hydrogen (secondary N) is 1. The Hall–Kier alpha value is -0.910. The summed E-state index contributed by atoms with van der Waals surface area (Å²) in [5, 5.41) is 3.74. The molecule has 0 saturated carbocycles. The molecule has 1 atom stereocenters. The Bertz CT molecular complexity index is 627. The van der Waals surface area contributed by atoms with Gasteiger partial charge in [-0.15, -0.1) is 0 Å². The Morgan fingerprint density at radius 2 is 2.30 bits per heavy atom. The zero-order valence-corrected chi connectivity index (χ0v) is 13.3. The SMILES string of the molecule is CC1(c2cncn2-c2c(Cl)cc(F)cc2Br)CCNC1. The predicted octanol–water partition coefficient (Wildman–Crippen LogP) is 3.68. The van der Waals surface area contributed by atoms with E-state index in [-0.39, 0.29) is 11.2 Å². The molecule has 6 heteroatoms. The lowest BCUT2D eigenvalue weighted by molar-refractivity contribution is 0.498. The number of aromatic nitrogens is 2. The number of rotatable bonds is 2. The fraction of sp³-hybridized carbons (Fsp3) is 0.357. The highest BCUT2D eigenvalue weighted by Crippen LogP contribution is 2.36. The molecule has 3 nitrogen and oxygen atoms in total. The number of hydrogen-bond acceptors (Lipinski definition) is 2. The van der Waals surface area contributed by atoms with Crippen LogP contribution >= 0.6 is 27.5 Å². The molecular formula is C14H14BrClFN3. The first-order valence-electron chi connectivity index (χ1n) is 6.40. The fourth-order valence-corrected chi connectivity index (χ4v) is 3.75. The van der Waals surface area contributed by atoms with Gasteiger partial charge in [0.15, 0.2) is 0 Å². The lowest BCUT2D eigenvalue weighted by atomic mass is 9.86. The third-order valence-corrected chi connectivity index (χ3v) is 4.74. The minimum atomic E-state index is -0.360. The Balaban J connectivity index is 2.15. The van der Waals surface area contributed by atoms with E-state index in [4.69, 9.17) is 11.6 Å². The van der Waals surface area contributed by atoms with Crippen molar-refractivity contribution in [2.45, 2.75) is 18.8 Å². The first-order chi connectivity index (χ1) is 9.51. The monoisotopic (exact) mass is 357 g/mol. The fourth-order valence-electron chi connectivity index (χ4n) is 2.72. The summed E-state index contributed by atoms with van der Waals surface area (Å²) in [4.78, 5) is 4.25. The summed E-state index contributed by atoms with van der Waals surface area (Å²) < 4.78 is 15.9. The van der Waals surface area contributed by atoms with Gasteiger partial charge in [0.1, 0.15) is 5.82 Å². The van der Waals surface area contributed by atoms with E-state index in [9.17, 15) is 4.39 Å². The Labute approximate surface area is 130 Å². The summed E-state index contributed by atoms with van der Waals surface area (Å²) in [5.41, 5.74) is 1.82. The molecule has 0 aliphatic carbocycles. The quantitative estimate of drug-likeness (QED) is 0.887. The van der Waals surface area contributed by atoms with Crippen molar-refractivity contribution >= 4 is 27.5 Å². The Kier molecular flexibility index (Phi) is 3.60. The van der Waals surface area contributed by atoms with Crippen molar-refractivity contribution in [1.82, 2.24) is 14.9 Å². The van der Waals surface area contributed by atoms with Gasteiger partial charge in [0.25, 0.3) is 0 Å². The molecule has 0 amide bonds. The van der Waals surface area contributed by atoms with E-state index >= 15 is 0 Å². The zero-order valence-electron chi connectivity index (χ0n) is 11.0. The summed E-state index contributed by atoms with van der Waals surface area (Å²) >= 11 is 9.61. The highest BCUT2D eigenvalue weighted by molar-refractivity contribution is 9.10. The van der Waals surface area contributed by atoms with Crippen molar-refractivity contribution in [3.05, 3.63) is 45.7 Å². The van der Waals surface area contributed by atoms with E-state index in [1.54, 1.807) is 6.33 Å². The van der Waals surface area contributed by atoms with Crippen molar-refractivity contribution < 1.29 is 4.39 Å². The summed E-state index contributed by atoms with van der Waals surface area (Å²) in [6.07, 6.45) is 4.62. The van der Waals surface area contributed by atoms with Crippen LogP contribution in [0.15, 0.2) is 29.1 Å². The van der Waals surface area contributed by atoms with Gasteiger partial charge >= 0.3 is 0 Å². The van der Waals surface area contributed by atoms with Crippen molar-refractivity contribution in [2.24, 2.45) is 0 Å². The van der Waals surface area contributed by atoms with Gasteiger partial charge in [0, 0.05) is 28.3 Å². The molecular weight excluding hydrogens is 345 g/mol. The molecule has 2 heterocycles. The molecule has 0 radical (unpaired) electrons. The molecule has 2 aromatic rings. The molecule has 0 bridgehead atoms. The maximum absolute atomic E-state index is 13.4. The molecule has 0 spiro atoms. The standard InChI is InChI=1S/C14H14BrClFN3/c1-14(2-3-18-7-14)12-6-19-8-20(12)13-10(15)4-9(17)5-11(13)16/h4-6,8,18H,2-3,7H2,1H3. The van der Waals surface area contributed by atoms with Crippen LogP contribution in [0, 0.1) is 5.82 Å². The number of nitrogens with zero attached hydrogens (tertiary/aromatic N) is 2.